The van der Waals surface area contributed by atoms with Crippen molar-refractivity contribution in [2.45, 2.75) is 59.2 Å². The SMILES string of the molecule is CCC(=O)n1nc(NC(=O)Cc2ccccc2)c2c1CN(C(=O)OC(C)(C)C)C2. The number of hydrogen-bond donors (Lipinski definition) is 1. The van der Waals surface area contributed by atoms with Crippen molar-refractivity contribution in [3.63, 3.8) is 0 Å². The number of fused-ring (bicyclic) bond motifs is 1. The lowest BCUT2D eigenvalue weighted by atomic mass is 10.1. The Morgan fingerprint density at radius 2 is 1.83 bits per heavy atom. The van der Waals surface area contributed by atoms with Crippen molar-refractivity contribution >= 4 is 23.7 Å². The van der Waals surface area contributed by atoms with Crippen LogP contribution in [0.5, 0.6) is 0 Å². The molecule has 3 rings (SSSR count). The predicted molar refractivity (Wildman–Crippen MR) is 107 cm³/mol. The van der Waals surface area contributed by atoms with Crippen molar-refractivity contribution in [3.05, 3.63) is 47.2 Å². The molecule has 0 aliphatic carbocycles. The molecule has 0 bridgehead atoms. The molecule has 0 unspecified atom stereocenters. The smallest absolute Gasteiger partial charge is 0.410 e. The molecule has 1 aromatic heterocycles. The summed E-state index contributed by atoms with van der Waals surface area (Å²) in [5, 5.41) is 7.10. The second-order valence-corrected chi connectivity index (χ2v) is 7.98. The van der Waals surface area contributed by atoms with Crippen molar-refractivity contribution < 1.29 is 19.1 Å². The molecule has 0 saturated carbocycles. The lowest BCUT2D eigenvalue weighted by Crippen LogP contribution is -2.34. The minimum Gasteiger partial charge on any atom is -0.444 e. The Labute approximate surface area is 169 Å². The van der Waals surface area contributed by atoms with Gasteiger partial charge in [0.1, 0.15) is 5.60 Å². The number of carbonyl (C=O) groups excluding carboxylic acids is 3. The first-order valence-electron chi connectivity index (χ1n) is 9.63. The van der Waals surface area contributed by atoms with E-state index < -0.39 is 11.7 Å². The quantitative estimate of drug-likeness (QED) is 0.852. The first kappa shape index (κ1) is 20.6. The van der Waals surface area contributed by atoms with Gasteiger partial charge in [-0.15, -0.1) is 5.10 Å². The van der Waals surface area contributed by atoms with Gasteiger partial charge in [0.2, 0.25) is 11.8 Å². The molecule has 0 spiro atoms. The number of anilines is 1. The Morgan fingerprint density at radius 1 is 1.14 bits per heavy atom. The second-order valence-electron chi connectivity index (χ2n) is 7.98. The zero-order chi connectivity index (χ0) is 21.2. The van der Waals surface area contributed by atoms with Crippen molar-refractivity contribution in [1.82, 2.24) is 14.7 Å². The summed E-state index contributed by atoms with van der Waals surface area (Å²) in [6, 6.07) is 9.36. The van der Waals surface area contributed by atoms with Crippen LogP contribution >= 0.6 is 0 Å². The fourth-order valence-electron chi connectivity index (χ4n) is 3.11. The molecule has 29 heavy (non-hydrogen) atoms. The maximum Gasteiger partial charge on any atom is 0.410 e. The van der Waals surface area contributed by atoms with Gasteiger partial charge in [-0.1, -0.05) is 37.3 Å². The average Bonchev–Trinajstić information content (AvgIpc) is 3.21. The zero-order valence-electron chi connectivity index (χ0n) is 17.2. The first-order valence-corrected chi connectivity index (χ1v) is 9.63. The second kappa shape index (κ2) is 8.06. The average molecular weight is 398 g/mol. The highest BCUT2D eigenvalue weighted by molar-refractivity contribution is 5.93. The van der Waals surface area contributed by atoms with E-state index >= 15 is 0 Å². The highest BCUT2D eigenvalue weighted by Gasteiger charge is 2.34. The molecule has 154 valence electrons. The van der Waals surface area contributed by atoms with Gasteiger partial charge in [-0.25, -0.2) is 9.48 Å². The Balaban J connectivity index is 1.81. The van der Waals surface area contributed by atoms with Crippen molar-refractivity contribution in [1.29, 1.82) is 0 Å². The van der Waals surface area contributed by atoms with Crippen LogP contribution in [-0.2, 0) is 29.0 Å². The Hall–Kier alpha value is -3.16. The van der Waals surface area contributed by atoms with Crippen molar-refractivity contribution in [2.24, 2.45) is 0 Å². The highest BCUT2D eigenvalue weighted by Crippen LogP contribution is 2.30. The number of ether oxygens (including phenoxy) is 1. The third kappa shape index (κ3) is 4.82. The summed E-state index contributed by atoms with van der Waals surface area (Å²) in [6.07, 6.45) is -0.0106. The molecule has 0 atom stereocenters. The van der Waals surface area contributed by atoms with E-state index in [0.29, 0.717) is 17.1 Å². The van der Waals surface area contributed by atoms with Crippen molar-refractivity contribution in [3.8, 4) is 0 Å². The van der Waals surface area contributed by atoms with Gasteiger partial charge >= 0.3 is 6.09 Å². The molecule has 0 radical (unpaired) electrons. The topological polar surface area (TPSA) is 93.5 Å². The molecular weight excluding hydrogens is 372 g/mol. The monoisotopic (exact) mass is 398 g/mol. The highest BCUT2D eigenvalue weighted by atomic mass is 16.6. The van der Waals surface area contributed by atoms with E-state index in [9.17, 15) is 14.4 Å². The maximum absolute atomic E-state index is 12.5. The van der Waals surface area contributed by atoms with Crippen LogP contribution in [-0.4, -0.2) is 38.2 Å². The predicted octanol–water partition coefficient (Wildman–Crippen LogP) is 3.37. The molecule has 0 fully saturated rings. The van der Waals surface area contributed by atoms with Crippen LogP contribution in [0.15, 0.2) is 30.3 Å². The third-order valence-corrected chi connectivity index (χ3v) is 4.44. The van der Waals surface area contributed by atoms with Crippen LogP contribution in [0.1, 0.15) is 55.7 Å². The first-order chi connectivity index (χ1) is 13.7. The maximum atomic E-state index is 12.5. The summed E-state index contributed by atoms with van der Waals surface area (Å²) in [4.78, 5) is 38.8. The van der Waals surface area contributed by atoms with E-state index in [2.05, 4.69) is 10.4 Å². The van der Waals surface area contributed by atoms with E-state index in [4.69, 9.17) is 4.74 Å². The standard InChI is InChI=1S/C21H26N4O4/c1-5-18(27)25-16-13-24(20(28)29-21(2,3)4)12-15(16)19(23-25)22-17(26)11-14-9-7-6-8-10-14/h6-10H,5,11-13H2,1-4H3,(H,22,23,26). The Morgan fingerprint density at radius 3 is 2.45 bits per heavy atom. The molecular formula is C21H26N4O4. The molecule has 1 N–H and O–H groups in total. The minimum absolute atomic E-state index is 0.194. The number of hydrogen-bond acceptors (Lipinski definition) is 5. The zero-order valence-corrected chi connectivity index (χ0v) is 17.2. The molecule has 2 amide bonds. The lowest BCUT2D eigenvalue weighted by molar-refractivity contribution is -0.115. The molecule has 1 aromatic carbocycles. The number of amides is 2. The summed E-state index contributed by atoms with van der Waals surface area (Å²) in [6.45, 7) is 7.56. The lowest BCUT2D eigenvalue weighted by Gasteiger charge is -2.24. The molecule has 2 aromatic rings. The van der Waals surface area contributed by atoms with Crippen LogP contribution in [0.4, 0.5) is 10.6 Å². The van der Waals surface area contributed by atoms with E-state index in [-0.39, 0.29) is 37.7 Å². The minimum atomic E-state index is -0.621. The number of nitrogens with zero attached hydrogens (tertiary/aromatic N) is 3. The fraction of sp³-hybridized carbons (Fsp3) is 0.429. The van der Waals surface area contributed by atoms with Crippen LogP contribution in [0.2, 0.25) is 0 Å². The van der Waals surface area contributed by atoms with Gasteiger partial charge in [-0.2, -0.15) is 0 Å². The van der Waals surface area contributed by atoms with Crippen LogP contribution in [0.25, 0.3) is 0 Å². The molecule has 8 nitrogen and oxygen atoms in total. The summed E-state index contributed by atoms with van der Waals surface area (Å²) in [7, 11) is 0. The number of rotatable bonds is 4. The van der Waals surface area contributed by atoms with Gasteiger partial charge in [-0.05, 0) is 26.3 Å². The van der Waals surface area contributed by atoms with Gasteiger partial charge in [0.05, 0.1) is 25.2 Å². The summed E-state index contributed by atoms with van der Waals surface area (Å²) in [5.41, 5.74) is 1.53. The van der Waals surface area contributed by atoms with Gasteiger partial charge in [0, 0.05) is 12.0 Å². The third-order valence-electron chi connectivity index (χ3n) is 4.44. The molecule has 8 heteroatoms. The molecule has 2 heterocycles. The van der Waals surface area contributed by atoms with E-state index in [1.54, 1.807) is 27.7 Å². The summed E-state index contributed by atoms with van der Waals surface area (Å²) in [5.74, 6) is -0.118. The normalized spacial score (nSPS) is 13.2. The van der Waals surface area contributed by atoms with Crippen LogP contribution in [0.3, 0.4) is 0 Å². The van der Waals surface area contributed by atoms with Crippen LogP contribution < -0.4 is 5.32 Å². The molecule has 1 aliphatic heterocycles. The van der Waals surface area contributed by atoms with Gasteiger partial charge in [-0.3, -0.25) is 14.5 Å². The van der Waals surface area contributed by atoms with Gasteiger partial charge in [0.15, 0.2) is 5.82 Å². The van der Waals surface area contributed by atoms with Gasteiger partial charge < -0.3 is 10.1 Å². The van der Waals surface area contributed by atoms with E-state index in [0.717, 1.165) is 5.56 Å². The number of benzene rings is 1. The summed E-state index contributed by atoms with van der Waals surface area (Å²) >= 11 is 0. The number of nitrogens with one attached hydrogen (secondary N) is 1. The number of carbonyl (C=O) groups is 3. The summed E-state index contributed by atoms with van der Waals surface area (Å²) < 4.78 is 6.72. The molecule has 0 saturated heterocycles. The van der Waals surface area contributed by atoms with E-state index in [1.165, 1.54) is 9.58 Å². The number of aromatic nitrogens is 2. The van der Waals surface area contributed by atoms with Crippen LogP contribution in [0, 0.1) is 0 Å². The Bertz CT molecular complexity index is 928. The fourth-order valence-corrected chi connectivity index (χ4v) is 3.11. The van der Waals surface area contributed by atoms with Gasteiger partial charge in [0.25, 0.3) is 0 Å². The molecule has 1 aliphatic rings. The largest absolute Gasteiger partial charge is 0.444 e. The Kier molecular flexibility index (Phi) is 5.72. The van der Waals surface area contributed by atoms with Crippen molar-refractivity contribution in [2.75, 3.05) is 5.32 Å². The van der Waals surface area contributed by atoms with E-state index in [1.807, 2.05) is 30.3 Å².